The highest BCUT2D eigenvalue weighted by molar-refractivity contribution is 7.78. The minimum absolute atomic E-state index is 0.0135. The highest BCUT2D eigenvalue weighted by Gasteiger charge is 2.12. The maximum Gasteiger partial charge on any atom is 0.341 e. The molecule has 0 aromatic heterocycles. The normalized spacial score (nSPS) is 12.1. The Morgan fingerprint density at radius 3 is 2.73 bits per heavy atom. The minimum Gasteiger partial charge on any atom is -0.507 e. The van der Waals surface area contributed by atoms with E-state index in [1.165, 1.54) is 25.3 Å². The zero-order chi connectivity index (χ0) is 11.4. The van der Waals surface area contributed by atoms with Crippen LogP contribution in [0.25, 0.3) is 0 Å². The quantitative estimate of drug-likeness (QED) is 0.595. The van der Waals surface area contributed by atoms with Crippen molar-refractivity contribution in [3.63, 3.8) is 0 Å². The Bertz CT molecular complexity index is 401. The van der Waals surface area contributed by atoms with Crippen molar-refractivity contribution in [2.75, 3.05) is 7.11 Å². The van der Waals surface area contributed by atoms with Crippen LogP contribution < -0.4 is 0 Å². The fourth-order valence-corrected chi connectivity index (χ4v) is 1.55. The molecule has 15 heavy (non-hydrogen) atoms. The Kier molecular flexibility index (Phi) is 3.81. The van der Waals surface area contributed by atoms with Crippen LogP contribution in [0.2, 0.25) is 0 Å². The summed E-state index contributed by atoms with van der Waals surface area (Å²) in [6, 6.07) is 4.08. The lowest BCUT2D eigenvalue weighted by molar-refractivity contribution is 0.0597. The summed E-state index contributed by atoms with van der Waals surface area (Å²) in [5.74, 6) is -0.989. The molecule has 0 saturated heterocycles. The molecule has 5 nitrogen and oxygen atoms in total. The van der Waals surface area contributed by atoms with E-state index in [0.717, 1.165) is 0 Å². The SMILES string of the molecule is COC(=O)c1cc(CS(=O)O)ccc1O. The molecule has 0 saturated carbocycles. The molecular weight excluding hydrogens is 220 g/mol. The fraction of sp³-hybridized carbons (Fsp3) is 0.222. The standard InChI is InChI=1S/C9H10O5S/c1-14-9(11)7-4-6(5-15(12)13)2-3-8(7)10/h2-4,10H,5H2,1H3,(H,12,13). The molecule has 0 amide bonds. The summed E-state index contributed by atoms with van der Waals surface area (Å²) in [6.45, 7) is 0. The predicted molar refractivity (Wildman–Crippen MR) is 53.9 cm³/mol. The van der Waals surface area contributed by atoms with Gasteiger partial charge in [0, 0.05) is 0 Å². The number of rotatable bonds is 3. The van der Waals surface area contributed by atoms with Gasteiger partial charge in [-0.1, -0.05) is 6.07 Å². The van der Waals surface area contributed by atoms with E-state index in [1.54, 1.807) is 0 Å². The van der Waals surface area contributed by atoms with Crippen LogP contribution in [0.3, 0.4) is 0 Å². The number of carbonyl (C=O) groups excluding carboxylic acids is 1. The minimum atomic E-state index is -1.98. The van der Waals surface area contributed by atoms with Crippen LogP contribution in [0.4, 0.5) is 0 Å². The highest BCUT2D eigenvalue weighted by Crippen LogP contribution is 2.19. The number of methoxy groups -OCH3 is 1. The third-order valence-electron chi connectivity index (χ3n) is 1.76. The van der Waals surface area contributed by atoms with E-state index < -0.39 is 17.0 Å². The second-order valence-electron chi connectivity index (χ2n) is 2.81. The maximum atomic E-state index is 11.2. The van der Waals surface area contributed by atoms with E-state index in [4.69, 9.17) is 4.55 Å². The number of carbonyl (C=O) groups is 1. The number of phenols is 1. The molecule has 2 N–H and O–H groups in total. The van der Waals surface area contributed by atoms with E-state index in [1.807, 2.05) is 0 Å². The number of hydrogen-bond donors (Lipinski definition) is 2. The van der Waals surface area contributed by atoms with Crippen LogP contribution >= 0.6 is 0 Å². The number of ether oxygens (including phenoxy) is 1. The van der Waals surface area contributed by atoms with Crippen LogP contribution in [-0.2, 0) is 21.6 Å². The Morgan fingerprint density at radius 1 is 1.53 bits per heavy atom. The third-order valence-corrected chi connectivity index (χ3v) is 2.34. The van der Waals surface area contributed by atoms with Gasteiger partial charge in [-0.15, -0.1) is 0 Å². The van der Waals surface area contributed by atoms with Crippen molar-refractivity contribution >= 4 is 17.0 Å². The van der Waals surface area contributed by atoms with Crippen molar-refractivity contribution in [1.29, 1.82) is 0 Å². The first-order valence-electron chi connectivity index (χ1n) is 4.02. The monoisotopic (exact) mass is 230 g/mol. The molecule has 0 spiro atoms. The molecule has 0 aliphatic heterocycles. The zero-order valence-corrected chi connectivity index (χ0v) is 8.78. The van der Waals surface area contributed by atoms with E-state index in [2.05, 4.69) is 4.74 Å². The van der Waals surface area contributed by atoms with Crippen molar-refractivity contribution in [3.05, 3.63) is 29.3 Å². The summed E-state index contributed by atoms with van der Waals surface area (Å²) in [6.07, 6.45) is 0. The molecule has 0 aliphatic rings. The van der Waals surface area contributed by atoms with E-state index >= 15 is 0 Å². The van der Waals surface area contributed by atoms with Gasteiger partial charge in [-0.3, -0.25) is 0 Å². The second-order valence-corrected chi connectivity index (χ2v) is 3.74. The largest absolute Gasteiger partial charge is 0.507 e. The third kappa shape index (κ3) is 3.03. The zero-order valence-electron chi connectivity index (χ0n) is 7.97. The van der Waals surface area contributed by atoms with Crippen LogP contribution in [0.1, 0.15) is 15.9 Å². The van der Waals surface area contributed by atoms with Gasteiger partial charge in [0.2, 0.25) is 0 Å². The van der Waals surface area contributed by atoms with Crippen molar-refractivity contribution in [2.24, 2.45) is 0 Å². The van der Waals surface area contributed by atoms with Gasteiger partial charge in [-0.05, 0) is 17.7 Å². The van der Waals surface area contributed by atoms with Gasteiger partial charge >= 0.3 is 5.97 Å². The Labute approximate surface area is 89.0 Å². The Hall–Kier alpha value is -1.40. The molecule has 6 heteroatoms. The first kappa shape index (κ1) is 11.7. The first-order chi connectivity index (χ1) is 7.04. The molecular formula is C9H10O5S. The molecule has 1 aromatic rings. The summed E-state index contributed by atoms with van der Waals surface area (Å²) in [4.78, 5) is 11.2. The van der Waals surface area contributed by atoms with Crippen LogP contribution in [0, 0.1) is 0 Å². The van der Waals surface area contributed by atoms with Crippen LogP contribution in [0.15, 0.2) is 18.2 Å². The van der Waals surface area contributed by atoms with Crippen molar-refractivity contribution < 1.29 is 23.4 Å². The van der Waals surface area contributed by atoms with Gasteiger partial charge in [-0.25, -0.2) is 9.00 Å². The van der Waals surface area contributed by atoms with Gasteiger partial charge in [0.15, 0.2) is 11.1 Å². The highest BCUT2D eigenvalue weighted by atomic mass is 32.2. The molecule has 0 fully saturated rings. The number of benzene rings is 1. The Morgan fingerprint density at radius 2 is 2.20 bits per heavy atom. The molecule has 1 rings (SSSR count). The average molecular weight is 230 g/mol. The summed E-state index contributed by atoms with van der Waals surface area (Å²) >= 11 is -1.98. The first-order valence-corrected chi connectivity index (χ1v) is 5.30. The van der Waals surface area contributed by atoms with Gasteiger partial charge < -0.3 is 14.4 Å². The molecule has 0 bridgehead atoms. The number of aromatic hydroxyl groups is 1. The summed E-state index contributed by atoms with van der Waals surface area (Å²) < 4.78 is 23.6. The Balaban J connectivity index is 3.05. The molecule has 0 heterocycles. The van der Waals surface area contributed by atoms with Crippen molar-refractivity contribution in [2.45, 2.75) is 5.75 Å². The lowest BCUT2D eigenvalue weighted by Crippen LogP contribution is -2.03. The van der Waals surface area contributed by atoms with Gasteiger partial charge in [0.25, 0.3) is 0 Å². The molecule has 1 aromatic carbocycles. The van der Waals surface area contributed by atoms with E-state index in [0.29, 0.717) is 5.56 Å². The fourth-order valence-electron chi connectivity index (χ4n) is 1.09. The number of phenolic OH excluding ortho intramolecular Hbond substituents is 1. The van der Waals surface area contributed by atoms with Crippen molar-refractivity contribution in [3.8, 4) is 5.75 Å². The molecule has 1 atom stereocenters. The van der Waals surface area contributed by atoms with E-state index in [-0.39, 0.29) is 17.1 Å². The lowest BCUT2D eigenvalue weighted by Gasteiger charge is -2.04. The van der Waals surface area contributed by atoms with Gasteiger partial charge in [-0.2, -0.15) is 0 Å². The summed E-state index contributed by atoms with van der Waals surface area (Å²) in [5, 5.41) is 9.33. The lowest BCUT2D eigenvalue weighted by atomic mass is 10.1. The number of hydrogen-bond acceptors (Lipinski definition) is 4. The summed E-state index contributed by atoms with van der Waals surface area (Å²) in [5.41, 5.74) is 0.467. The van der Waals surface area contributed by atoms with Crippen molar-refractivity contribution in [1.82, 2.24) is 0 Å². The topological polar surface area (TPSA) is 83.8 Å². The van der Waals surface area contributed by atoms with Gasteiger partial charge in [0.05, 0.1) is 12.9 Å². The molecule has 0 radical (unpaired) electrons. The predicted octanol–water partition coefficient (Wildman–Crippen LogP) is 0.900. The number of esters is 1. The smallest absolute Gasteiger partial charge is 0.341 e. The second kappa shape index (κ2) is 4.90. The molecule has 1 unspecified atom stereocenters. The molecule has 0 aliphatic carbocycles. The average Bonchev–Trinajstić information content (AvgIpc) is 2.19. The van der Waals surface area contributed by atoms with Crippen LogP contribution in [-0.4, -0.2) is 26.9 Å². The van der Waals surface area contributed by atoms with Crippen LogP contribution in [0.5, 0.6) is 5.75 Å². The van der Waals surface area contributed by atoms with E-state index in [9.17, 15) is 14.1 Å². The molecule has 82 valence electrons. The maximum absolute atomic E-state index is 11.2. The summed E-state index contributed by atoms with van der Waals surface area (Å²) in [7, 11) is 1.19. The van der Waals surface area contributed by atoms with Gasteiger partial charge in [0.1, 0.15) is 11.3 Å².